The molecule has 1 saturated heterocycles. The average Bonchev–Trinajstić information content (AvgIpc) is 1.58. The van der Waals surface area contributed by atoms with Gasteiger partial charge in [-0.05, 0) is 268 Å². The maximum Gasteiger partial charge on any atom is 0.192 e. The molecule has 4 unspecified atom stereocenters. The summed E-state index contributed by atoms with van der Waals surface area (Å²) in [5.41, 5.74) is 3.06. The van der Waals surface area contributed by atoms with Gasteiger partial charge in [0.1, 0.15) is 12.9 Å². The number of aliphatic hydroxyl groups excluding tert-OH is 2. The molecule has 2 aromatic carbocycles. The highest BCUT2D eigenvalue weighted by Crippen LogP contribution is 2.69. The molecule has 0 amide bonds. The van der Waals surface area contributed by atoms with Crippen LogP contribution in [-0.2, 0) is 27.4 Å². The summed E-state index contributed by atoms with van der Waals surface area (Å²) < 4.78 is 134. The highest BCUT2D eigenvalue weighted by atomic mass is 31.2. The fraction of sp³-hybridized carbons (Fsp3) is 0.690. The summed E-state index contributed by atoms with van der Waals surface area (Å²) >= 11 is 0. The smallest absolute Gasteiger partial charge is 0.192 e. The minimum absolute atomic E-state index is 0.00161. The third kappa shape index (κ3) is 20.7. The first-order chi connectivity index (χ1) is 51.4. The molecule has 3 N–H and O–H groups in total. The molecular formula is C87H139O9PSi3. The molecule has 2 aromatic rings. The Hall–Kier alpha value is -3.11. The fourth-order valence-electron chi connectivity index (χ4n) is 17.0. The van der Waals surface area contributed by atoms with E-state index in [1.807, 2.05) is 86.4 Å². The molecule has 9 nitrogen and oxygen atoms in total. The first kappa shape index (κ1) is 66.3. The lowest BCUT2D eigenvalue weighted by Gasteiger charge is -2.45. The lowest BCUT2D eigenvalue weighted by atomic mass is 9.61. The average molecular weight is 1460 g/mol. The molecule has 1 heterocycles. The molecule has 1 aliphatic heterocycles. The zero-order chi connectivity index (χ0) is 83.8. The third-order valence-corrected chi connectivity index (χ3v) is 37.9. The Balaban J connectivity index is 0.000000205. The Kier molecular flexibility index (Phi) is 21.6. The Morgan fingerprint density at radius 2 is 1.17 bits per heavy atom. The summed E-state index contributed by atoms with van der Waals surface area (Å²) in [6, 6.07) is 19.8. The molecule has 11 rings (SSSR count). The number of fused-ring (bicyclic) bond motifs is 2. The number of benzene rings is 2. The molecule has 8 atom stereocenters. The number of hydrogen-bond acceptors (Lipinski definition) is 9. The van der Waals surface area contributed by atoms with Crippen molar-refractivity contribution in [3.05, 3.63) is 143 Å². The van der Waals surface area contributed by atoms with Crippen LogP contribution in [0.25, 0.3) is 0 Å². The van der Waals surface area contributed by atoms with E-state index in [0.29, 0.717) is 62.0 Å². The number of ketones is 1. The highest BCUT2D eigenvalue weighted by Gasteiger charge is 2.59. The summed E-state index contributed by atoms with van der Waals surface area (Å²) in [6.45, 7) is 32.3. The van der Waals surface area contributed by atoms with Crippen LogP contribution in [0.5, 0.6) is 0 Å². The largest absolute Gasteiger partial charge is 0.413 e. The van der Waals surface area contributed by atoms with Crippen LogP contribution in [0, 0.1) is 33.5 Å². The van der Waals surface area contributed by atoms with E-state index in [1.165, 1.54) is 29.6 Å². The SMILES string of the molecule is C1CCOC1.C=C1/C(=C\CP(=O)(c2ccccc2)c2ccccc2)CC(O[Si](C)(C)C(C)(C)C)C[C@@H]1O[Si](C)(C)C(C)(C)C.[2H]C([2H])([2H])C(CCCC1(C2=CCC3C(=O)CCC[C@]23C)CC1)(O[Si](C)(C)C)C([2H])([2H])[2H].[2H]C([2H])([2H])C(O)(CCCC1(C2=CCC3/C(=C/C=C4/CC(O)C[C@H](O)C4=C)CCC[C@]23C)CC1)C([2H])([2H])[2H]. The molecule has 6 saturated carbocycles. The van der Waals surface area contributed by atoms with Crippen LogP contribution in [0.1, 0.15) is 253 Å². The van der Waals surface area contributed by atoms with Gasteiger partial charge in [-0.2, -0.15) is 0 Å². The first-order valence-electron chi connectivity index (χ1n) is 44.2. The normalized spacial score (nSPS) is 31.3. The van der Waals surface area contributed by atoms with Crippen LogP contribution in [0.2, 0.25) is 55.9 Å². The van der Waals surface area contributed by atoms with Gasteiger partial charge in [-0.15, -0.1) is 0 Å². The second-order valence-electron chi connectivity index (χ2n) is 36.0. The summed E-state index contributed by atoms with van der Waals surface area (Å²) in [5, 5.41) is 32.9. The molecule has 9 aliphatic rings. The topological polar surface area (TPSA) is 132 Å². The van der Waals surface area contributed by atoms with Crippen molar-refractivity contribution in [2.24, 2.45) is 33.5 Å². The number of aliphatic hydroxyl groups is 3. The van der Waals surface area contributed by atoms with Crippen LogP contribution < -0.4 is 10.6 Å². The Morgan fingerprint density at radius 3 is 1.67 bits per heavy atom. The highest BCUT2D eigenvalue weighted by molar-refractivity contribution is 7.78. The number of carbonyl (C=O) groups excluding carboxylic acids is 1. The van der Waals surface area contributed by atoms with E-state index < -0.39 is 82.9 Å². The van der Waals surface area contributed by atoms with Gasteiger partial charge in [0.05, 0.1) is 35.6 Å². The van der Waals surface area contributed by atoms with Gasteiger partial charge in [0.2, 0.25) is 0 Å². The van der Waals surface area contributed by atoms with Crippen molar-refractivity contribution in [2.75, 3.05) is 19.4 Å². The number of allylic oxidation sites excluding steroid dienone is 8. The summed E-state index contributed by atoms with van der Waals surface area (Å²) in [4.78, 5) is 12.5. The van der Waals surface area contributed by atoms with Gasteiger partial charge in [0.15, 0.2) is 25.0 Å². The lowest BCUT2D eigenvalue weighted by molar-refractivity contribution is -0.128. The molecule has 13 heteroatoms. The minimum Gasteiger partial charge on any atom is -0.413 e. The van der Waals surface area contributed by atoms with Crippen LogP contribution in [0.3, 0.4) is 0 Å². The number of carbonyl (C=O) groups is 1. The number of hydrogen-bond donors (Lipinski definition) is 3. The second-order valence-corrected chi connectivity index (χ2v) is 52.9. The van der Waals surface area contributed by atoms with Crippen molar-refractivity contribution < 1.29 is 59.1 Å². The van der Waals surface area contributed by atoms with Crippen LogP contribution in [-0.4, -0.2) is 101 Å². The van der Waals surface area contributed by atoms with Gasteiger partial charge < -0.3 is 37.9 Å². The molecule has 8 aliphatic carbocycles. The van der Waals surface area contributed by atoms with Crippen LogP contribution >= 0.6 is 7.14 Å². The molecule has 0 bridgehead atoms. The predicted molar refractivity (Wildman–Crippen MR) is 429 cm³/mol. The molecular weight excluding hydrogens is 1300 g/mol. The van der Waals surface area contributed by atoms with E-state index in [9.17, 15) is 24.7 Å². The molecule has 100 heavy (non-hydrogen) atoms. The zero-order valence-electron chi connectivity index (χ0n) is 76.4. The second kappa shape index (κ2) is 32.5. The molecule has 558 valence electrons. The van der Waals surface area contributed by atoms with Crippen molar-refractivity contribution in [2.45, 2.75) is 328 Å². The number of ether oxygens (including phenoxy) is 1. The minimum atomic E-state index is -2.97. The van der Waals surface area contributed by atoms with Gasteiger partial charge in [0.25, 0.3) is 0 Å². The van der Waals surface area contributed by atoms with Gasteiger partial charge in [-0.3, -0.25) is 4.79 Å². The zero-order valence-corrected chi connectivity index (χ0v) is 68.3. The van der Waals surface area contributed by atoms with Gasteiger partial charge >= 0.3 is 0 Å². The van der Waals surface area contributed by atoms with Gasteiger partial charge in [-0.1, -0.05) is 176 Å². The molecule has 0 aromatic heterocycles. The molecule has 7 fully saturated rings. The van der Waals surface area contributed by atoms with Crippen LogP contribution in [0.15, 0.2) is 143 Å². The van der Waals surface area contributed by atoms with E-state index in [2.05, 4.69) is 119 Å². The maximum atomic E-state index is 14.7. The maximum absolute atomic E-state index is 14.7. The third-order valence-electron chi connectivity index (χ3n) is 25.0. The molecule has 0 spiro atoms. The Morgan fingerprint density at radius 1 is 0.650 bits per heavy atom. The van der Waals surface area contributed by atoms with Crippen molar-refractivity contribution >= 4 is 48.5 Å². The van der Waals surface area contributed by atoms with E-state index in [-0.39, 0.29) is 62.7 Å². The quantitative estimate of drug-likeness (QED) is 0.0635. The Bertz CT molecular complexity index is 3730. The summed E-state index contributed by atoms with van der Waals surface area (Å²) in [7, 11) is -9.33. The van der Waals surface area contributed by atoms with Crippen molar-refractivity contribution in [3.63, 3.8) is 0 Å². The standard InChI is InChI=1S/C33H51O3PSi2.C28H42O3.C22H38O2Si.C4H8O/c1-26-27(22-23-37(34,29-18-14-12-15-19-29)30-20-16-13-17-21-30)24-28(35-38(8,9)32(2,3)4)25-31(26)36-39(10,11)33(5,6)7;1-19-21(17-22(29)18-24(19)30)9-8-20-7-5-13-27(4)23(20)10-11-25(27)28(15-16-28)14-6-12-26(2,3)31;1-20(2,24-25(4,5)6)12-8-14-22(15-16-22)19-11-10-17-18(23)9-7-13-21(17,19)3;1-2-4-5-3-1/h12-22,28,31H,1,23-25H2,2-11H3;8-9,11,22-24,29-31H,1,5-7,10,12-18H2,2-4H3;11,17H,7-10,12-16H2,1-6H3;1-4H2/b27-22-;20-8+,21-9-;;/t28?,31-;22?,23?,24-,27-;17?,21-;/m000./s1/i;2D3,3D3;1D3,2D3;. The first-order valence-corrected chi connectivity index (χ1v) is 49.3. The van der Waals surface area contributed by atoms with E-state index in [4.69, 9.17) is 34.5 Å². The number of rotatable bonds is 21. The van der Waals surface area contributed by atoms with Crippen molar-refractivity contribution in [3.8, 4) is 0 Å². The monoisotopic (exact) mass is 1460 g/mol. The van der Waals surface area contributed by atoms with Crippen molar-refractivity contribution in [1.29, 1.82) is 0 Å². The van der Waals surface area contributed by atoms with Crippen LogP contribution in [0.4, 0.5) is 0 Å². The van der Waals surface area contributed by atoms with E-state index in [0.717, 1.165) is 130 Å². The lowest BCUT2D eigenvalue weighted by Crippen LogP contribution is -2.49. The van der Waals surface area contributed by atoms with E-state index >= 15 is 0 Å². The van der Waals surface area contributed by atoms with Gasteiger partial charge in [-0.25, -0.2) is 0 Å². The van der Waals surface area contributed by atoms with E-state index in [1.54, 1.807) is 0 Å². The van der Waals surface area contributed by atoms with Gasteiger partial charge in [0, 0.05) is 71.6 Å². The number of Topliss-reactive ketones (excluding diaryl/α,β-unsaturated/α-hetero) is 1. The Labute approximate surface area is 629 Å². The summed E-state index contributed by atoms with van der Waals surface area (Å²) in [5.74, 6) is 0.843. The predicted octanol–water partition coefficient (Wildman–Crippen LogP) is 21.9. The van der Waals surface area contributed by atoms with Crippen molar-refractivity contribution in [1.82, 2.24) is 0 Å². The molecule has 0 radical (unpaired) electrons. The fourth-order valence-corrected chi connectivity index (χ4v) is 23.4. The summed E-state index contributed by atoms with van der Waals surface area (Å²) in [6.07, 6.45) is 28.9.